The fourth-order valence-corrected chi connectivity index (χ4v) is 2.81. The Hall–Kier alpha value is -0.0800. The third kappa shape index (κ3) is 3.76. The molecule has 0 aromatic heterocycles. The number of ether oxygens (including phenoxy) is 1. The molecule has 0 saturated heterocycles. The van der Waals surface area contributed by atoms with Crippen molar-refractivity contribution >= 4 is 0 Å². The summed E-state index contributed by atoms with van der Waals surface area (Å²) >= 11 is 0. The molecule has 2 aliphatic rings. The number of methoxy groups -OCH3 is 1. The van der Waals surface area contributed by atoms with Gasteiger partial charge in [-0.1, -0.05) is 25.7 Å². The molecule has 0 radical (unpaired) electrons. The van der Waals surface area contributed by atoms with Crippen LogP contribution in [0.25, 0.3) is 0 Å². The molecule has 2 rings (SSSR count). The summed E-state index contributed by atoms with van der Waals surface area (Å²) in [6, 6.07) is 0.636. The van der Waals surface area contributed by atoms with Crippen molar-refractivity contribution in [2.24, 2.45) is 11.8 Å². The molecule has 0 amide bonds. The summed E-state index contributed by atoms with van der Waals surface area (Å²) in [4.78, 5) is 0. The van der Waals surface area contributed by atoms with E-state index in [0.717, 1.165) is 18.4 Å². The van der Waals surface area contributed by atoms with Crippen molar-refractivity contribution in [1.82, 2.24) is 5.32 Å². The molecule has 1 atom stereocenters. The fourth-order valence-electron chi connectivity index (χ4n) is 2.81. The monoisotopic (exact) mass is 211 g/mol. The van der Waals surface area contributed by atoms with Crippen LogP contribution in [-0.4, -0.2) is 26.3 Å². The molecule has 0 aliphatic heterocycles. The second-order valence-corrected chi connectivity index (χ2v) is 5.29. The molecule has 0 spiro atoms. The highest BCUT2D eigenvalue weighted by Gasteiger charge is 2.30. The Bertz CT molecular complexity index is 173. The van der Waals surface area contributed by atoms with Gasteiger partial charge in [-0.15, -0.1) is 0 Å². The van der Waals surface area contributed by atoms with Crippen LogP contribution in [-0.2, 0) is 4.74 Å². The molecule has 88 valence electrons. The van der Waals surface area contributed by atoms with Gasteiger partial charge in [0.1, 0.15) is 0 Å². The highest BCUT2D eigenvalue weighted by molar-refractivity contribution is 4.86. The predicted molar refractivity (Wildman–Crippen MR) is 63.0 cm³/mol. The predicted octanol–water partition coefficient (Wildman–Crippen LogP) is 2.58. The van der Waals surface area contributed by atoms with Crippen LogP contribution in [0.2, 0.25) is 0 Å². The van der Waals surface area contributed by atoms with E-state index < -0.39 is 0 Å². The van der Waals surface area contributed by atoms with E-state index in [4.69, 9.17) is 4.74 Å². The topological polar surface area (TPSA) is 21.3 Å². The van der Waals surface area contributed by atoms with Gasteiger partial charge in [-0.3, -0.25) is 0 Å². The zero-order valence-corrected chi connectivity index (χ0v) is 10.0. The zero-order chi connectivity index (χ0) is 10.5. The Morgan fingerprint density at radius 2 is 1.93 bits per heavy atom. The Balaban J connectivity index is 1.57. The van der Waals surface area contributed by atoms with Crippen molar-refractivity contribution < 1.29 is 4.74 Å². The van der Waals surface area contributed by atoms with Gasteiger partial charge in [0, 0.05) is 13.2 Å². The first-order chi connectivity index (χ1) is 7.40. The van der Waals surface area contributed by atoms with Crippen LogP contribution >= 0.6 is 0 Å². The van der Waals surface area contributed by atoms with Crippen LogP contribution in [0, 0.1) is 11.8 Å². The molecule has 2 heteroatoms. The first-order valence-electron chi connectivity index (χ1n) is 6.62. The molecule has 0 aromatic rings. The van der Waals surface area contributed by atoms with Gasteiger partial charge in [-0.05, 0) is 37.6 Å². The first kappa shape index (κ1) is 11.4. The van der Waals surface area contributed by atoms with Crippen molar-refractivity contribution in [2.45, 2.75) is 51.0 Å². The van der Waals surface area contributed by atoms with Gasteiger partial charge in [0.05, 0.1) is 6.61 Å². The van der Waals surface area contributed by atoms with Gasteiger partial charge >= 0.3 is 0 Å². The lowest BCUT2D eigenvalue weighted by Crippen LogP contribution is -2.36. The van der Waals surface area contributed by atoms with Crippen LogP contribution in [0.3, 0.4) is 0 Å². The molecular formula is C13H25NO. The average Bonchev–Trinajstić information content (AvgIpc) is 2.96. The molecule has 2 fully saturated rings. The minimum absolute atomic E-state index is 0.636. The number of rotatable bonds is 7. The van der Waals surface area contributed by atoms with Crippen LogP contribution in [0.15, 0.2) is 0 Å². The van der Waals surface area contributed by atoms with Crippen molar-refractivity contribution in [3.63, 3.8) is 0 Å². The van der Waals surface area contributed by atoms with Crippen molar-refractivity contribution in [3.8, 4) is 0 Å². The van der Waals surface area contributed by atoms with E-state index in [9.17, 15) is 0 Å². The highest BCUT2D eigenvalue weighted by Crippen LogP contribution is 2.33. The number of hydrogen-bond acceptors (Lipinski definition) is 2. The molecule has 0 aromatic carbocycles. The molecule has 0 heterocycles. The van der Waals surface area contributed by atoms with Crippen LogP contribution in [0.1, 0.15) is 44.9 Å². The summed E-state index contributed by atoms with van der Waals surface area (Å²) in [6.45, 7) is 2.10. The van der Waals surface area contributed by atoms with Crippen molar-refractivity contribution in [2.75, 3.05) is 20.3 Å². The second-order valence-electron chi connectivity index (χ2n) is 5.29. The highest BCUT2D eigenvalue weighted by atomic mass is 16.5. The maximum atomic E-state index is 5.27. The smallest absolute Gasteiger partial charge is 0.0618 e. The second kappa shape index (κ2) is 5.86. The molecule has 1 N–H and O–H groups in total. The molecule has 2 saturated carbocycles. The third-order valence-corrected chi connectivity index (χ3v) is 3.97. The van der Waals surface area contributed by atoms with E-state index in [0.29, 0.717) is 6.04 Å². The third-order valence-electron chi connectivity index (χ3n) is 3.97. The lowest BCUT2D eigenvalue weighted by atomic mass is 10.0. The minimum atomic E-state index is 0.636. The summed E-state index contributed by atoms with van der Waals surface area (Å²) < 4.78 is 5.27. The van der Waals surface area contributed by atoms with Crippen LogP contribution in [0.5, 0.6) is 0 Å². The first-order valence-corrected chi connectivity index (χ1v) is 6.62. The largest absolute Gasteiger partial charge is 0.383 e. The normalized spacial score (nSPS) is 24.6. The van der Waals surface area contributed by atoms with E-state index in [1.807, 2.05) is 7.11 Å². The molecule has 0 bridgehead atoms. The van der Waals surface area contributed by atoms with E-state index in [1.54, 1.807) is 0 Å². The van der Waals surface area contributed by atoms with Crippen molar-refractivity contribution in [3.05, 3.63) is 0 Å². The van der Waals surface area contributed by atoms with Crippen LogP contribution < -0.4 is 5.32 Å². The van der Waals surface area contributed by atoms with Gasteiger partial charge < -0.3 is 10.1 Å². The fraction of sp³-hybridized carbons (Fsp3) is 1.00. The molecule has 2 aliphatic carbocycles. The lowest BCUT2D eigenvalue weighted by Gasteiger charge is -2.18. The Morgan fingerprint density at radius 3 is 2.53 bits per heavy atom. The average molecular weight is 211 g/mol. The standard InChI is InChI=1S/C13H25NO/c1-15-10-13(12-6-7-12)14-9-8-11-4-2-3-5-11/h11-14H,2-10H2,1H3. The van der Waals surface area contributed by atoms with E-state index in [-0.39, 0.29) is 0 Å². The Morgan fingerprint density at radius 1 is 1.20 bits per heavy atom. The molecule has 2 nitrogen and oxygen atoms in total. The summed E-state index contributed by atoms with van der Waals surface area (Å²) in [5.41, 5.74) is 0. The summed E-state index contributed by atoms with van der Waals surface area (Å²) in [7, 11) is 1.81. The summed E-state index contributed by atoms with van der Waals surface area (Å²) in [5, 5.41) is 3.68. The molecular weight excluding hydrogens is 186 g/mol. The van der Waals surface area contributed by atoms with Crippen molar-refractivity contribution in [1.29, 1.82) is 0 Å². The maximum Gasteiger partial charge on any atom is 0.0618 e. The Kier molecular flexibility index (Phi) is 4.45. The van der Waals surface area contributed by atoms with Gasteiger partial charge in [-0.25, -0.2) is 0 Å². The van der Waals surface area contributed by atoms with Gasteiger partial charge in [0.15, 0.2) is 0 Å². The number of hydrogen-bond donors (Lipinski definition) is 1. The minimum Gasteiger partial charge on any atom is -0.383 e. The van der Waals surface area contributed by atoms with Gasteiger partial charge in [0.25, 0.3) is 0 Å². The van der Waals surface area contributed by atoms with Gasteiger partial charge in [0.2, 0.25) is 0 Å². The molecule has 1 unspecified atom stereocenters. The van der Waals surface area contributed by atoms with E-state index in [1.165, 1.54) is 51.5 Å². The van der Waals surface area contributed by atoms with E-state index >= 15 is 0 Å². The summed E-state index contributed by atoms with van der Waals surface area (Å²) in [5.74, 6) is 1.92. The molecule has 15 heavy (non-hydrogen) atoms. The quantitative estimate of drug-likeness (QED) is 0.699. The van der Waals surface area contributed by atoms with E-state index in [2.05, 4.69) is 5.32 Å². The van der Waals surface area contributed by atoms with Crippen LogP contribution in [0.4, 0.5) is 0 Å². The van der Waals surface area contributed by atoms with Gasteiger partial charge in [-0.2, -0.15) is 0 Å². The maximum absolute atomic E-state index is 5.27. The lowest BCUT2D eigenvalue weighted by molar-refractivity contribution is 0.156. The zero-order valence-electron chi connectivity index (χ0n) is 10.0. The summed E-state index contributed by atoms with van der Waals surface area (Å²) in [6.07, 6.45) is 10.1. The Labute approximate surface area is 93.8 Å². The SMILES string of the molecule is COCC(NCCC1CCCC1)C1CC1. The number of nitrogens with one attached hydrogen (secondary N) is 1.